The standard InChI is InChI=1S/C15H26ClN3/c1-4-18(5-2)10-7-11-19(6-3)15-8-9-17-14(12-15)13-16/h8-9,12H,4-7,10-11,13H2,1-3H3. The molecule has 1 heterocycles. The number of pyridine rings is 1. The third-order valence-corrected chi connectivity index (χ3v) is 3.75. The van der Waals surface area contributed by atoms with Crippen molar-refractivity contribution in [2.24, 2.45) is 0 Å². The number of alkyl halides is 1. The molecule has 0 atom stereocenters. The minimum Gasteiger partial charge on any atom is -0.372 e. The molecule has 0 aliphatic heterocycles. The predicted molar refractivity (Wildman–Crippen MR) is 84.1 cm³/mol. The smallest absolute Gasteiger partial charge is 0.0648 e. The quantitative estimate of drug-likeness (QED) is 0.648. The highest BCUT2D eigenvalue weighted by molar-refractivity contribution is 6.16. The highest BCUT2D eigenvalue weighted by Gasteiger charge is 2.06. The van der Waals surface area contributed by atoms with E-state index in [0.29, 0.717) is 5.88 Å². The monoisotopic (exact) mass is 283 g/mol. The molecule has 1 aromatic heterocycles. The fourth-order valence-corrected chi connectivity index (χ4v) is 2.38. The van der Waals surface area contributed by atoms with E-state index in [-0.39, 0.29) is 0 Å². The number of nitrogens with zero attached hydrogens (tertiary/aromatic N) is 3. The van der Waals surface area contributed by atoms with Crippen molar-refractivity contribution in [3.05, 3.63) is 24.0 Å². The van der Waals surface area contributed by atoms with E-state index in [1.807, 2.05) is 6.20 Å². The summed E-state index contributed by atoms with van der Waals surface area (Å²) in [7, 11) is 0. The lowest BCUT2D eigenvalue weighted by Crippen LogP contribution is -2.30. The zero-order valence-corrected chi connectivity index (χ0v) is 13.2. The Morgan fingerprint density at radius 1 is 1.11 bits per heavy atom. The molecular weight excluding hydrogens is 258 g/mol. The Balaban J connectivity index is 2.52. The minimum absolute atomic E-state index is 0.477. The number of aromatic nitrogens is 1. The molecule has 0 saturated heterocycles. The van der Waals surface area contributed by atoms with Crippen molar-refractivity contribution in [1.29, 1.82) is 0 Å². The van der Waals surface area contributed by atoms with Crippen LogP contribution in [0.2, 0.25) is 0 Å². The topological polar surface area (TPSA) is 19.4 Å². The third kappa shape index (κ3) is 5.37. The molecule has 0 unspecified atom stereocenters. The van der Waals surface area contributed by atoms with E-state index in [4.69, 9.17) is 11.6 Å². The van der Waals surface area contributed by atoms with Crippen LogP contribution in [0.3, 0.4) is 0 Å². The lowest BCUT2D eigenvalue weighted by atomic mass is 10.2. The fraction of sp³-hybridized carbons (Fsp3) is 0.667. The molecule has 0 aromatic carbocycles. The van der Waals surface area contributed by atoms with Crippen LogP contribution in [0.25, 0.3) is 0 Å². The summed E-state index contributed by atoms with van der Waals surface area (Å²) >= 11 is 5.84. The molecule has 0 amide bonds. The van der Waals surface area contributed by atoms with Crippen LogP contribution in [0.5, 0.6) is 0 Å². The Hall–Kier alpha value is -0.800. The molecule has 108 valence electrons. The lowest BCUT2D eigenvalue weighted by Gasteiger charge is -2.25. The van der Waals surface area contributed by atoms with Gasteiger partial charge in [-0.25, -0.2) is 0 Å². The summed E-state index contributed by atoms with van der Waals surface area (Å²) in [5.41, 5.74) is 2.18. The van der Waals surface area contributed by atoms with Gasteiger partial charge in [-0.3, -0.25) is 4.98 Å². The molecule has 0 spiro atoms. The van der Waals surface area contributed by atoms with E-state index in [2.05, 4.69) is 47.7 Å². The highest BCUT2D eigenvalue weighted by Crippen LogP contribution is 2.15. The van der Waals surface area contributed by atoms with Crippen molar-refractivity contribution in [3.8, 4) is 0 Å². The number of anilines is 1. The highest BCUT2D eigenvalue weighted by atomic mass is 35.5. The average molecular weight is 284 g/mol. The van der Waals surface area contributed by atoms with Crippen LogP contribution in [0.1, 0.15) is 32.9 Å². The van der Waals surface area contributed by atoms with Gasteiger partial charge in [-0.1, -0.05) is 13.8 Å². The van der Waals surface area contributed by atoms with Crippen LogP contribution in [0.15, 0.2) is 18.3 Å². The SMILES string of the molecule is CCN(CC)CCCN(CC)c1ccnc(CCl)c1. The molecule has 19 heavy (non-hydrogen) atoms. The Kier molecular flexibility index (Phi) is 7.84. The predicted octanol–water partition coefficient (Wildman–Crippen LogP) is 3.38. The van der Waals surface area contributed by atoms with E-state index < -0.39 is 0 Å². The molecule has 0 aliphatic rings. The first-order chi connectivity index (χ1) is 9.24. The zero-order valence-electron chi connectivity index (χ0n) is 12.4. The molecule has 0 bridgehead atoms. The van der Waals surface area contributed by atoms with Crippen molar-refractivity contribution in [3.63, 3.8) is 0 Å². The van der Waals surface area contributed by atoms with Crippen LogP contribution < -0.4 is 4.90 Å². The van der Waals surface area contributed by atoms with E-state index in [1.54, 1.807) is 0 Å². The zero-order chi connectivity index (χ0) is 14.1. The molecule has 0 fully saturated rings. The van der Waals surface area contributed by atoms with Crippen molar-refractivity contribution < 1.29 is 0 Å². The molecule has 1 aromatic rings. The van der Waals surface area contributed by atoms with Gasteiger partial charge in [0.05, 0.1) is 11.6 Å². The van der Waals surface area contributed by atoms with Crippen LogP contribution in [-0.4, -0.2) is 42.6 Å². The van der Waals surface area contributed by atoms with E-state index >= 15 is 0 Å². The van der Waals surface area contributed by atoms with Gasteiger partial charge in [0, 0.05) is 25.0 Å². The molecule has 4 heteroatoms. The molecule has 0 radical (unpaired) electrons. The molecule has 0 saturated carbocycles. The Morgan fingerprint density at radius 3 is 2.42 bits per heavy atom. The maximum absolute atomic E-state index is 5.84. The normalized spacial score (nSPS) is 11.0. The number of rotatable bonds is 9. The van der Waals surface area contributed by atoms with Gasteiger partial charge in [0.25, 0.3) is 0 Å². The second-order valence-corrected chi connectivity index (χ2v) is 4.87. The molecule has 0 N–H and O–H groups in total. The van der Waals surface area contributed by atoms with Gasteiger partial charge in [-0.05, 0) is 45.1 Å². The van der Waals surface area contributed by atoms with E-state index in [9.17, 15) is 0 Å². The van der Waals surface area contributed by atoms with Gasteiger partial charge in [-0.2, -0.15) is 0 Å². The van der Waals surface area contributed by atoms with Gasteiger partial charge >= 0.3 is 0 Å². The summed E-state index contributed by atoms with van der Waals surface area (Å²) in [6.45, 7) is 12.2. The average Bonchev–Trinajstić information content (AvgIpc) is 2.47. The first-order valence-electron chi connectivity index (χ1n) is 7.23. The van der Waals surface area contributed by atoms with Gasteiger partial charge in [-0.15, -0.1) is 11.6 Å². The second-order valence-electron chi connectivity index (χ2n) is 4.60. The largest absolute Gasteiger partial charge is 0.372 e. The maximum atomic E-state index is 5.84. The van der Waals surface area contributed by atoms with Crippen LogP contribution in [0, 0.1) is 0 Å². The van der Waals surface area contributed by atoms with Gasteiger partial charge in [0.15, 0.2) is 0 Å². The second kappa shape index (κ2) is 9.16. The van der Waals surface area contributed by atoms with Gasteiger partial charge in [0.1, 0.15) is 0 Å². The minimum atomic E-state index is 0.477. The van der Waals surface area contributed by atoms with E-state index in [1.165, 1.54) is 12.1 Å². The van der Waals surface area contributed by atoms with Crippen molar-refractivity contribution >= 4 is 17.3 Å². The molecule has 0 aliphatic carbocycles. The summed E-state index contributed by atoms with van der Waals surface area (Å²) < 4.78 is 0. The number of hydrogen-bond acceptors (Lipinski definition) is 3. The molecule has 3 nitrogen and oxygen atoms in total. The maximum Gasteiger partial charge on any atom is 0.0648 e. The first-order valence-corrected chi connectivity index (χ1v) is 7.76. The summed E-state index contributed by atoms with van der Waals surface area (Å²) in [6, 6.07) is 4.16. The van der Waals surface area contributed by atoms with Gasteiger partial charge < -0.3 is 9.80 Å². The summed E-state index contributed by atoms with van der Waals surface area (Å²) in [4.78, 5) is 9.10. The van der Waals surface area contributed by atoms with E-state index in [0.717, 1.165) is 38.4 Å². The Bertz CT molecular complexity index is 353. The lowest BCUT2D eigenvalue weighted by molar-refractivity contribution is 0.301. The van der Waals surface area contributed by atoms with Crippen LogP contribution >= 0.6 is 11.6 Å². The van der Waals surface area contributed by atoms with Crippen LogP contribution in [0.4, 0.5) is 5.69 Å². The summed E-state index contributed by atoms with van der Waals surface area (Å²) in [5, 5.41) is 0. The Labute approximate surface area is 122 Å². The Morgan fingerprint density at radius 2 is 1.84 bits per heavy atom. The third-order valence-electron chi connectivity index (χ3n) is 3.48. The summed E-state index contributed by atoms with van der Waals surface area (Å²) in [6.07, 6.45) is 3.04. The molecule has 1 rings (SSSR count). The van der Waals surface area contributed by atoms with Crippen molar-refractivity contribution in [2.45, 2.75) is 33.1 Å². The number of halogens is 1. The van der Waals surface area contributed by atoms with Crippen LogP contribution in [-0.2, 0) is 5.88 Å². The number of hydrogen-bond donors (Lipinski definition) is 0. The molecular formula is C15H26ClN3. The van der Waals surface area contributed by atoms with Gasteiger partial charge in [0.2, 0.25) is 0 Å². The fourth-order valence-electron chi connectivity index (χ4n) is 2.23. The van der Waals surface area contributed by atoms with Crippen molar-refractivity contribution in [1.82, 2.24) is 9.88 Å². The first kappa shape index (κ1) is 16.3. The summed E-state index contributed by atoms with van der Waals surface area (Å²) in [5.74, 6) is 0.477. The van der Waals surface area contributed by atoms with Crippen molar-refractivity contribution in [2.75, 3.05) is 37.6 Å².